The Morgan fingerprint density at radius 1 is 0.955 bits per heavy atom. The molecule has 14 nitrogen and oxygen atoms in total. The molecule has 44 heavy (non-hydrogen) atoms. The number of hydrogen-bond donors (Lipinski definition) is 0. The van der Waals surface area contributed by atoms with E-state index in [0.717, 1.165) is 20.8 Å². The molecule has 3 aromatic rings. The first-order chi connectivity index (χ1) is 20.9. The van der Waals surface area contributed by atoms with E-state index in [-0.39, 0.29) is 10.6 Å². The molecule has 4 rings (SSSR count). The van der Waals surface area contributed by atoms with Crippen molar-refractivity contribution in [2.24, 2.45) is 5.10 Å². The molecular formula is C28H28ClN5O9S. The summed E-state index contributed by atoms with van der Waals surface area (Å²) >= 11 is 11.8. The third-order valence-electron chi connectivity index (χ3n) is 6.10. The van der Waals surface area contributed by atoms with E-state index in [1.165, 1.54) is 22.5 Å². The molecule has 1 saturated heterocycles. The lowest BCUT2D eigenvalue weighted by Crippen LogP contribution is -2.60. The van der Waals surface area contributed by atoms with Crippen LogP contribution in [0.5, 0.6) is 0 Å². The third kappa shape index (κ3) is 7.92. The summed E-state index contributed by atoms with van der Waals surface area (Å²) in [7, 11) is 0. The van der Waals surface area contributed by atoms with Crippen molar-refractivity contribution < 1.29 is 42.9 Å². The number of halogens is 1. The van der Waals surface area contributed by atoms with E-state index in [9.17, 15) is 19.2 Å². The molecule has 1 aromatic carbocycles. The lowest BCUT2D eigenvalue weighted by molar-refractivity contribution is -0.270. The van der Waals surface area contributed by atoms with Gasteiger partial charge in [0, 0.05) is 50.7 Å². The fourth-order valence-corrected chi connectivity index (χ4v) is 4.80. The zero-order chi connectivity index (χ0) is 32.0. The maximum Gasteiger partial charge on any atom is 0.303 e. The molecule has 2 aromatic heterocycles. The summed E-state index contributed by atoms with van der Waals surface area (Å²) < 4.78 is 30.5. The van der Waals surface area contributed by atoms with Gasteiger partial charge in [-0.15, -0.1) is 5.10 Å². The number of carbonyl (C=O) groups excluding carboxylic acids is 4. The number of ether oxygens (including phenoxy) is 5. The van der Waals surface area contributed by atoms with Crippen LogP contribution in [0, 0.1) is 4.77 Å². The minimum Gasteiger partial charge on any atom is -0.463 e. The van der Waals surface area contributed by atoms with Crippen molar-refractivity contribution in [3.05, 3.63) is 64.1 Å². The Morgan fingerprint density at radius 3 is 2.18 bits per heavy atom. The van der Waals surface area contributed by atoms with Gasteiger partial charge in [-0.1, -0.05) is 23.7 Å². The fraction of sp³-hybridized carbons (Fsp3) is 0.357. The zero-order valence-corrected chi connectivity index (χ0v) is 25.6. The van der Waals surface area contributed by atoms with Crippen LogP contribution in [0.3, 0.4) is 0 Å². The van der Waals surface area contributed by atoms with Gasteiger partial charge in [0.15, 0.2) is 30.4 Å². The normalized spacial score (nSPS) is 21.4. The van der Waals surface area contributed by atoms with Gasteiger partial charge in [0.2, 0.25) is 4.77 Å². The summed E-state index contributed by atoms with van der Waals surface area (Å²) in [6.07, 6.45) is -2.09. The second-order valence-corrected chi connectivity index (χ2v) is 10.3. The molecule has 0 aliphatic carbocycles. The maximum absolute atomic E-state index is 12.3. The van der Waals surface area contributed by atoms with Crippen molar-refractivity contribution in [3.8, 4) is 11.4 Å². The molecule has 1 aliphatic heterocycles. The number of aromatic nitrogens is 4. The largest absolute Gasteiger partial charge is 0.463 e. The molecule has 0 amide bonds. The van der Waals surface area contributed by atoms with Gasteiger partial charge >= 0.3 is 23.9 Å². The number of hydrogen-bond acceptors (Lipinski definition) is 13. The number of pyridine rings is 1. The summed E-state index contributed by atoms with van der Waals surface area (Å²) in [5.74, 6) is -2.69. The summed E-state index contributed by atoms with van der Waals surface area (Å²) in [5, 5.41) is 9.72. The van der Waals surface area contributed by atoms with Crippen molar-refractivity contribution in [2.75, 3.05) is 6.61 Å². The highest BCUT2D eigenvalue weighted by molar-refractivity contribution is 7.71. The van der Waals surface area contributed by atoms with E-state index in [1.807, 2.05) is 0 Å². The number of benzene rings is 1. The Morgan fingerprint density at radius 2 is 1.59 bits per heavy atom. The maximum atomic E-state index is 12.3. The van der Waals surface area contributed by atoms with Crippen LogP contribution in [0.4, 0.5) is 0 Å². The summed E-state index contributed by atoms with van der Waals surface area (Å²) in [6.45, 7) is 4.18. The smallest absolute Gasteiger partial charge is 0.303 e. The van der Waals surface area contributed by atoms with Crippen LogP contribution >= 0.6 is 23.8 Å². The van der Waals surface area contributed by atoms with Gasteiger partial charge in [0.25, 0.3) is 0 Å². The monoisotopic (exact) mass is 645 g/mol. The van der Waals surface area contributed by atoms with E-state index in [1.54, 1.807) is 48.8 Å². The first kappa shape index (κ1) is 32.4. The van der Waals surface area contributed by atoms with Crippen LogP contribution in [0.15, 0.2) is 53.9 Å². The van der Waals surface area contributed by atoms with E-state index < -0.39 is 61.1 Å². The molecule has 16 heteroatoms. The Hall–Kier alpha value is -4.47. The van der Waals surface area contributed by atoms with Crippen molar-refractivity contribution >= 4 is 53.9 Å². The number of nitrogens with zero attached hydrogens (tertiary/aromatic N) is 5. The Bertz CT molecular complexity index is 1610. The highest BCUT2D eigenvalue weighted by Crippen LogP contribution is 2.35. The standard InChI is InChI=1S/C28H28ClN5O9S/c1-15(35)39-14-22-23(40-16(2)36)24(41-17(3)37)25(42-18(4)38)27(43-22)34-28(44)33(26(32-34)20-6-5-11-30-13-20)31-12-19-7-9-21(29)10-8-19/h5-13,22-25,27H,14H2,1-4H3/b31-12+/t22-,23-,24+,25-,27-/m1/s1. The van der Waals surface area contributed by atoms with Gasteiger partial charge in [0.05, 0.1) is 6.21 Å². The van der Waals surface area contributed by atoms with Gasteiger partial charge in [-0.3, -0.25) is 24.2 Å². The van der Waals surface area contributed by atoms with Crippen LogP contribution in [-0.2, 0) is 42.9 Å². The highest BCUT2D eigenvalue weighted by atomic mass is 35.5. The Kier molecular flexibility index (Phi) is 10.6. The molecule has 3 heterocycles. The van der Waals surface area contributed by atoms with Crippen molar-refractivity contribution in [1.29, 1.82) is 0 Å². The SMILES string of the molecule is CC(=O)OC[C@H]1O[C@@H](n2nc(-c3cccnc3)n(/N=C/c3ccc(Cl)cc3)c2=S)[C@H](OC(C)=O)[C@@H](OC(C)=O)[C@@H]1OC(C)=O. The van der Waals surface area contributed by atoms with E-state index in [0.29, 0.717) is 16.1 Å². The molecule has 5 atom stereocenters. The summed E-state index contributed by atoms with van der Waals surface area (Å²) in [6, 6.07) is 10.3. The first-order valence-electron chi connectivity index (χ1n) is 13.2. The predicted molar refractivity (Wildman–Crippen MR) is 156 cm³/mol. The second kappa shape index (κ2) is 14.3. The molecule has 0 saturated carbocycles. The molecule has 1 aliphatic rings. The van der Waals surface area contributed by atoms with Gasteiger partial charge in [-0.25, -0.2) is 4.68 Å². The van der Waals surface area contributed by atoms with Crippen LogP contribution in [0.2, 0.25) is 5.02 Å². The predicted octanol–water partition coefficient (Wildman–Crippen LogP) is 3.27. The average Bonchev–Trinajstić information content (AvgIpc) is 3.29. The van der Waals surface area contributed by atoms with Gasteiger partial charge in [0.1, 0.15) is 12.7 Å². The summed E-state index contributed by atoms with van der Waals surface area (Å²) in [4.78, 5) is 52.5. The van der Waals surface area contributed by atoms with E-state index in [2.05, 4.69) is 15.2 Å². The van der Waals surface area contributed by atoms with Crippen molar-refractivity contribution in [1.82, 2.24) is 19.4 Å². The van der Waals surface area contributed by atoms with E-state index in [4.69, 9.17) is 47.5 Å². The fourth-order valence-electron chi connectivity index (χ4n) is 4.40. The van der Waals surface area contributed by atoms with Crippen LogP contribution in [-0.4, -0.2) is 80.6 Å². The second-order valence-electron chi connectivity index (χ2n) is 9.49. The molecule has 0 radical (unpaired) electrons. The average molecular weight is 646 g/mol. The highest BCUT2D eigenvalue weighted by Gasteiger charge is 2.53. The lowest BCUT2D eigenvalue weighted by atomic mass is 9.97. The minimum absolute atomic E-state index is 0.0185. The van der Waals surface area contributed by atoms with Gasteiger partial charge in [-0.05, 0) is 42.0 Å². The summed E-state index contributed by atoms with van der Waals surface area (Å²) in [5.41, 5.74) is 1.23. The topological polar surface area (TPSA) is 162 Å². The van der Waals surface area contributed by atoms with Crippen molar-refractivity contribution in [2.45, 2.75) is 58.3 Å². The molecule has 0 unspecified atom stereocenters. The quantitative estimate of drug-likeness (QED) is 0.145. The van der Waals surface area contributed by atoms with Gasteiger partial charge < -0.3 is 23.7 Å². The van der Waals surface area contributed by atoms with Gasteiger partial charge in [-0.2, -0.15) is 9.78 Å². The molecule has 0 N–H and O–H groups in total. The third-order valence-corrected chi connectivity index (χ3v) is 6.71. The van der Waals surface area contributed by atoms with Crippen LogP contribution < -0.4 is 0 Å². The first-order valence-corrected chi connectivity index (χ1v) is 14.0. The lowest BCUT2D eigenvalue weighted by Gasteiger charge is -2.44. The number of rotatable bonds is 9. The minimum atomic E-state index is -1.42. The molecule has 0 bridgehead atoms. The number of esters is 4. The molecule has 232 valence electrons. The van der Waals surface area contributed by atoms with Crippen LogP contribution in [0.25, 0.3) is 11.4 Å². The number of carbonyl (C=O) groups is 4. The zero-order valence-electron chi connectivity index (χ0n) is 24.0. The molecular weight excluding hydrogens is 618 g/mol. The van der Waals surface area contributed by atoms with Crippen LogP contribution in [0.1, 0.15) is 39.5 Å². The Balaban J connectivity index is 1.89. The van der Waals surface area contributed by atoms with E-state index >= 15 is 0 Å². The van der Waals surface area contributed by atoms with Crippen molar-refractivity contribution in [3.63, 3.8) is 0 Å². The molecule has 1 fully saturated rings. The Labute approximate surface area is 261 Å². The molecule has 0 spiro atoms.